The van der Waals surface area contributed by atoms with Crippen LogP contribution in [0.4, 0.5) is 5.82 Å². The van der Waals surface area contributed by atoms with Gasteiger partial charge >= 0.3 is 0 Å². The molecule has 7 heteroatoms. The molecule has 0 saturated carbocycles. The lowest BCUT2D eigenvalue weighted by Gasteiger charge is -2.23. The third-order valence-electron chi connectivity index (χ3n) is 3.29. The van der Waals surface area contributed by atoms with Gasteiger partial charge in [0.2, 0.25) is 5.28 Å². The first-order valence-corrected chi connectivity index (χ1v) is 7.31. The lowest BCUT2D eigenvalue weighted by atomic mass is 10.2. The summed E-state index contributed by atoms with van der Waals surface area (Å²) in [6.45, 7) is 4.87. The molecule has 108 valence electrons. The van der Waals surface area contributed by atoms with E-state index in [1.807, 2.05) is 18.4 Å². The SMILES string of the molecule is CC(C)Nc1nc(Cl)nc2c1ncn2C1CCCCO1. The summed E-state index contributed by atoms with van der Waals surface area (Å²) in [7, 11) is 0. The third-order valence-corrected chi connectivity index (χ3v) is 3.45. The molecule has 1 unspecified atom stereocenters. The van der Waals surface area contributed by atoms with Crippen LogP contribution >= 0.6 is 11.6 Å². The molecular formula is C13H18ClN5O. The number of aromatic nitrogens is 4. The van der Waals surface area contributed by atoms with Gasteiger partial charge in [0.05, 0.1) is 6.33 Å². The molecule has 3 heterocycles. The van der Waals surface area contributed by atoms with Gasteiger partial charge in [0, 0.05) is 12.6 Å². The van der Waals surface area contributed by atoms with Crippen molar-refractivity contribution >= 4 is 28.6 Å². The Balaban J connectivity index is 2.04. The van der Waals surface area contributed by atoms with Crippen LogP contribution in [0.25, 0.3) is 11.2 Å². The number of ether oxygens (including phenoxy) is 1. The zero-order chi connectivity index (χ0) is 14.1. The van der Waals surface area contributed by atoms with Gasteiger partial charge in [0.15, 0.2) is 17.0 Å². The maximum absolute atomic E-state index is 6.03. The number of anilines is 1. The minimum absolute atomic E-state index is 0.00776. The molecule has 1 atom stereocenters. The highest BCUT2D eigenvalue weighted by atomic mass is 35.5. The fourth-order valence-electron chi connectivity index (χ4n) is 2.42. The second kappa shape index (κ2) is 5.54. The zero-order valence-corrected chi connectivity index (χ0v) is 12.4. The summed E-state index contributed by atoms with van der Waals surface area (Å²) < 4.78 is 7.74. The van der Waals surface area contributed by atoms with E-state index in [-0.39, 0.29) is 17.6 Å². The van der Waals surface area contributed by atoms with Gasteiger partial charge < -0.3 is 10.1 Å². The van der Waals surface area contributed by atoms with Gasteiger partial charge in [-0.15, -0.1) is 0 Å². The Bertz CT molecular complexity index is 606. The van der Waals surface area contributed by atoms with Crippen molar-refractivity contribution in [1.29, 1.82) is 0 Å². The first kappa shape index (κ1) is 13.6. The van der Waals surface area contributed by atoms with E-state index in [1.165, 1.54) is 0 Å². The fourth-order valence-corrected chi connectivity index (χ4v) is 2.58. The zero-order valence-electron chi connectivity index (χ0n) is 11.6. The normalized spacial score (nSPS) is 19.7. The first-order valence-electron chi connectivity index (χ1n) is 6.93. The van der Waals surface area contributed by atoms with E-state index in [4.69, 9.17) is 16.3 Å². The van der Waals surface area contributed by atoms with E-state index in [0.717, 1.165) is 37.0 Å². The Hall–Kier alpha value is -1.40. The number of rotatable bonds is 3. The van der Waals surface area contributed by atoms with E-state index in [2.05, 4.69) is 20.3 Å². The molecule has 0 spiro atoms. The van der Waals surface area contributed by atoms with Crippen molar-refractivity contribution in [1.82, 2.24) is 19.5 Å². The van der Waals surface area contributed by atoms with Gasteiger partial charge in [-0.25, -0.2) is 4.98 Å². The van der Waals surface area contributed by atoms with Crippen LogP contribution < -0.4 is 5.32 Å². The average Bonchev–Trinajstić information content (AvgIpc) is 2.82. The van der Waals surface area contributed by atoms with E-state index >= 15 is 0 Å². The number of nitrogens with one attached hydrogen (secondary N) is 1. The van der Waals surface area contributed by atoms with E-state index < -0.39 is 0 Å². The lowest BCUT2D eigenvalue weighted by Crippen LogP contribution is -2.18. The van der Waals surface area contributed by atoms with Gasteiger partial charge in [-0.3, -0.25) is 4.57 Å². The van der Waals surface area contributed by atoms with Crippen LogP contribution in [0.5, 0.6) is 0 Å². The van der Waals surface area contributed by atoms with Gasteiger partial charge in [-0.1, -0.05) is 0 Å². The van der Waals surface area contributed by atoms with Crippen molar-refractivity contribution in [3.05, 3.63) is 11.6 Å². The maximum atomic E-state index is 6.03. The predicted molar refractivity (Wildman–Crippen MR) is 77.9 cm³/mol. The minimum Gasteiger partial charge on any atom is -0.366 e. The Morgan fingerprint density at radius 2 is 2.25 bits per heavy atom. The Labute approximate surface area is 122 Å². The molecule has 1 fully saturated rings. The number of hydrogen-bond acceptors (Lipinski definition) is 5. The highest BCUT2D eigenvalue weighted by molar-refractivity contribution is 6.28. The number of hydrogen-bond donors (Lipinski definition) is 1. The largest absolute Gasteiger partial charge is 0.366 e. The Morgan fingerprint density at radius 3 is 2.95 bits per heavy atom. The van der Waals surface area contributed by atoms with Gasteiger partial charge in [-0.2, -0.15) is 9.97 Å². The van der Waals surface area contributed by atoms with Crippen LogP contribution in [0, 0.1) is 0 Å². The van der Waals surface area contributed by atoms with Crippen molar-refractivity contribution in [2.75, 3.05) is 11.9 Å². The highest BCUT2D eigenvalue weighted by Gasteiger charge is 2.21. The molecule has 1 N–H and O–H groups in total. The minimum atomic E-state index is -0.00776. The van der Waals surface area contributed by atoms with Crippen molar-refractivity contribution < 1.29 is 4.74 Å². The summed E-state index contributed by atoms with van der Waals surface area (Å²) in [5, 5.41) is 3.47. The van der Waals surface area contributed by atoms with E-state index in [1.54, 1.807) is 6.33 Å². The molecule has 0 amide bonds. The molecule has 20 heavy (non-hydrogen) atoms. The quantitative estimate of drug-likeness (QED) is 0.882. The second-order valence-electron chi connectivity index (χ2n) is 5.29. The van der Waals surface area contributed by atoms with Crippen molar-refractivity contribution in [3.8, 4) is 0 Å². The molecule has 1 aliphatic rings. The number of imidazole rings is 1. The molecule has 0 aliphatic carbocycles. The van der Waals surface area contributed by atoms with Crippen LogP contribution in [-0.2, 0) is 4.74 Å². The van der Waals surface area contributed by atoms with Crippen molar-refractivity contribution in [2.45, 2.75) is 45.4 Å². The van der Waals surface area contributed by atoms with Crippen molar-refractivity contribution in [3.63, 3.8) is 0 Å². The van der Waals surface area contributed by atoms with E-state index in [0.29, 0.717) is 5.82 Å². The van der Waals surface area contributed by atoms with Crippen molar-refractivity contribution in [2.24, 2.45) is 0 Å². The molecule has 3 rings (SSSR count). The van der Waals surface area contributed by atoms with Crippen LogP contribution in [0.1, 0.15) is 39.3 Å². The third kappa shape index (κ3) is 2.58. The molecule has 0 aromatic carbocycles. The Kier molecular flexibility index (Phi) is 3.76. The topological polar surface area (TPSA) is 64.9 Å². The molecule has 0 radical (unpaired) electrons. The second-order valence-corrected chi connectivity index (χ2v) is 5.62. The Morgan fingerprint density at radius 1 is 1.40 bits per heavy atom. The first-order chi connectivity index (χ1) is 9.65. The van der Waals surface area contributed by atoms with Crippen LogP contribution in [0.2, 0.25) is 5.28 Å². The predicted octanol–water partition coefficient (Wildman–Crippen LogP) is 3.00. The number of halogens is 1. The summed E-state index contributed by atoms with van der Waals surface area (Å²) in [5.74, 6) is 0.671. The van der Waals surface area contributed by atoms with E-state index in [9.17, 15) is 0 Å². The smallest absolute Gasteiger partial charge is 0.226 e. The van der Waals surface area contributed by atoms with Crippen LogP contribution in [-0.4, -0.2) is 32.2 Å². The summed E-state index contributed by atoms with van der Waals surface area (Å²) >= 11 is 6.03. The summed E-state index contributed by atoms with van der Waals surface area (Å²) in [4.78, 5) is 13.0. The molecule has 1 saturated heterocycles. The molecule has 6 nitrogen and oxygen atoms in total. The molecule has 2 aromatic heterocycles. The molecule has 2 aromatic rings. The molecular weight excluding hydrogens is 278 g/mol. The highest BCUT2D eigenvalue weighted by Crippen LogP contribution is 2.28. The maximum Gasteiger partial charge on any atom is 0.226 e. The monoisotopic (exact) mass is 295 g/mol. The summed E-state index contributed by atoms with van der Waals surface area (Å²) in [5.41, 5.74) is 1.46. The van der Waals surface area contributed by atoms with Crippen LogP contribution in [0.15, 0.2) is 6.33 Å². The standard InChI is InChI=1S/C13H18ClN5O/c1-8(2)16-11-10-12(18-13(14)17-11)19(7-15-10)9-5-3-4-6-20-9/h7-9H,3-6H2,1-2H3,(H,16,17,18). The summed E-state index contributed by atoms with van der Waals surface area (Å²) in [6.07, 6.45) is 4.99. The number of nitrogens with zero attached hydrogens (tertiary/aromatic N) is 4. The lowest BCUT2D eigenvalue weighted by molar-refractivity contribution is -0.0298. The van der Waals surface area contributed by atoms with Gasteiger partial charge in [-0.05, 0) is 44.7 Å². The summed E-state index contributed by atoms with van der Waals surface area (Å²) in [6, 6.07) is 0.250. The fraction of sp³-hybridized carbons (Fsp3) is 0.615. The molecule has 1 aliphatic heterocycles. The average molecular weight is 296 g/mol. The van der Waals surface area contributed by atoms with Crippen LogP contribution in [0.3, 0.4) is 0 Å². The van der Waals surface area contributed by atoms with Gasteiger partial charge in [0.1, 0.15) is 6.23 Å². The van der Waals surface area contributed by atoms with Gasteiger partial charge in [0.25, 0.3) is 0 Å². The molecule has 0 bridgehead atoms. The number of fused-ring (bicyclic) bond motifs is 1.